The second-order valence-corrected chi connectivity index (χ2v) is 6.36. The zero-order chi connectivity index (χ0) is 16.6. The van der Waals surface area contributed by atoms with Crippen LogP contribution in [0.2, 0.25) is 0 Å². The highest BCUT2D eigenvalue weighted by molar-refractivity contribution is 7.13. The van der Waals surface area contributed by atoms with Crippen molar-refractivity contribution in [3.05, 3.63) is 11.6 Å². The van der Waals surface area contributed by atoms with Gasteiger partial charge in [0.25, 0.3) is 0 Å². The fourth-order valence-corrected chi connectivity index (χ4v) is 3.59. The van der Waals surface area contributed by atoms with Gasteiger partial charge in [-0.05, 0) is 0 Å². The first kappa shape index (κ1) is 16.2. The molecule has 0 aromatic carbocycles. The van der Waals surface area contributed by atoms with E-state index in [4.69, 9.17) is 0 Å². The van der Waals surface area contributed by atoms with Crippen LogP contribution in [-0.4, -0.2) is 71.5 Å². The molecule has 2 aliphatic rings. The van der Waals surface area contributed by atoms with E-state index in [0.717, 1.165) is 5.13 Å². The van der Waals surface area contributed by atoms with Crippen LogP contribution in [0, 0.1) is 0 Å². The minimum absolute atomic E-state index is 0.174. The molecule has 0 aliphatic carbocycles. The van der Waals surface area contributed by atoms with Gasteiger partial charge in [0, 0.05) is 37.8 Å². The number of hydrogen-bond donors (Lipinski definition) is 0. The van der Waals surface area contributed by atoms with Crippen molar-refractivity contribution in [3.63, 3.8) is 0 Å². The predicted molar refractivity (Wildman–Crippen MR) is 77.1 cm³/mol. The molecule has 6 nitrogen and oxygen atoms in total. The Labute approximate surface area is 134 Å². The van der Waals surface area contributed by atoms with Crippen molar-refractivity contribution < 1.29 is 22.8 Å². The van der Waals surface area contributed by atoms with Crippen molar-refractivity contribution in [2.45, 2.75) is 18.6 Å². The monoisotopic (exact) mass is 348 g/mol. The average Bonchev–Trinajstić information content (AvgIpc) is 3.10. The molecule has 126 valence electrons. The fraction of sp³-hybridized carbons (Fsp3) is 0.615. The molecule has 0 N–H and O–H groups in total. The smallest absolute Gasteiger partial charge is 0.346 e. The van der Waals surface area contributed by atoms with Crippen molar-refractivity contribution in [2.24, 2.45) is 0 Å². The van der Waals surface area contributed by atoms with Gasteiger partial charge in [0.1, 0.15) is 6.54 Å². The summed E-state index contributed by atoms with van der Waals surface area (Å²) in [5.74, 6) is -1.49. The molecule has 1 aromatic rings. The Bertz CT molecular complexity index is 585. The molecule has 2 aliphatic heterocycles. The van der Waals surface area contributed by atoms with Gasteiger partial charge in [-0.2, -0.15) is 13.2 Å². The lowest BCUT2D eigenvalue weighted by molar-refractivity contribution is -0.166. The van der Waals surface area contributed by atoms with E-state index in [2.05, 4.69) is 9.88 Å². The minimum Gasteiger partial charge on any atom is -0.346 e. The number of amides is 2. The number of carbonyl (C=O) groups is 2. The van der Waals surface area contributed by atoms with Crippen LogP contribution >= 0.6 is 11.3 Å². The highest BCUT2D eigenvalue weighted by atomic mass is 32.1. The van der Waals surface area contributed by atoms with Crippen LogP contribution in [0.15, 0.2) is 11.6 Å². The summed E-state index contributed by atoms with van der Waals surface area (Å²) < 4.78 is 37.4. The van der Waals surface area contributed by atoms with Gasteiger partial charge >= 0.3 is 6.18 Å². The lowest BCUT2D eigenvalue weighted by Gasteiger charge is -2.36. The number of nitrogens with zero attached hydrogens (tertiary/aromatic N) is 4. The maximum absolute atomic E-state index is 12.5. The van der Waals surface area contributed by atoms with Gasteiger partial charge in [-0.1, -0.05) is 0 Å². The minimum atomic E-state index is -4.57. The molecule has 3 rings (SSSR count). The maximum Gasteiger partial charge on any atom is 0.406 e. The topological polar surface area (TPSA) is 56.8 Å². The van der Waals surface area contributed by atoms with E-state index in [0.29, 0.717) is 31.1 Å². The van der Waals surface area contributed by atoms with Gasteiger partial charge in [0.05, 0.1) is 12.5 Å². The Kier molecular flexibility index (Phi) is 4.28. The Balaban J connectivity index is 1.61. The molecule has 2 saturated heterocycles. The van der Waals surface area contributed by atoms with E-state index in [-0.39, 0.29) is 6.42 Å². The highest BCUT2D eigenvalue weighted by Crippen LogP contribution is 2.26. The highest BCUT2D eigenvalue weighted by Gasteiger charge is 2.46. The lowest BCUT2D eigenvalue weighted by atomic mass is 10.2. The van der Waals surface area contributed by atoms with Crippen LogP contribution in [-0.2, 0) is 9.59 Å². The zero-order valence-corrected chi connectivity index (χ0v) is 12.9. The largest absolute Gasteiger partial charge is 0.406 e. The third-order valence-corrected chi connectivity index (χ3v) is 4.83. The van der Waals surface area contributed by atoms with Crippen molar-refractivity contribution >= 4 is 28.3 Å². The fourth-order valence-electron chi connectivity index (χ4n) is 2.89. The number of anilines is 1. The second kappa shape index (κ2) is 6.08. The molecule has 23 heavy (non-hydrogen) atoms. The van der Waals surface area contributed by atoms with E-state index in [1.807, 2.05) is 5.38 Å². The first-order valence-electron chi connectivity index (χ1n) is 7.14. The summed E-state index contributed by atoms with van der Waals surface area (Å²) in [6.45, 7) is 0.794. The molecule has 1 atom stereocenters. The van der Waals surface area contributed by atoms with Crippen LogP contribution in [0.1, 0.15) is 6.42 Å². The first-order valence-corrected chi connectivity index (χ1v) is 8.02. The van der Waals surface area contributed by atoms with Crippen molar-refractivity contribution in [3.8, 4) is 0 Å². The number of thiazole rings is 1. The maximum atomic E-state index is 12.5. The molecular weight excluding hydrogens is 333 g/mol. The summed E-state index contributed by atoms with van der Waals surface area (Å²) in [7, 11) is 0. The lowest BCUT2D eigenvalue weighted by Crippen LogP contribution is -2.53. The molecule has 3 heterocycles. The number of carbonyl (C=O) groups excluding carboxylic acids is 2. The first-order chi connectivity index (χ1) is 10.8. The molecule has 0 unspecified atom stereocenters. The quantitative estimate of drug-likeness (QED) is 0.762. The number of halogens is 3. The molecule has 0 spiro atoms. The number of piperazine rings is 1. The van der Waals surface area contributed by atoms with Crippen LogP contribution in [0.25, 0.3) is 0 Å². The number of alkyl halides is 3. The molecule has 0 bridgehead atoms. The molecular formula is C13H15F3N4O2S. The number of hydrogen-bond acceptors (Lipinski definition) is 6. The van der Waals surface area contributed by atoms with Gasteiger partial charge in [-0.3, -0.25) is 19.4 Å². The summed E-state index contributed by atoms with van der Waals surface area (Å²) in [5.41, 5.74) is 0. The van der Waals surface area contributed by atoms with E-state index in [9.17, 15) is 22.8 Å². The van der Waals surface area contributed by atoms with E-state index in [1.165, 1.54) is 11.3 Å². The summed E-state index contributed by atoms with van der Waals surface area (Å²) in [5, 5.41) is 2.76. The molecule has 0 radical (unpaired) electrons. The van der Waals surface area contributed by atoms with Crippen LogP contribution in [0.4, 0.5) is 18.3 Å². The average molecular weight is 348 g/mol. The Morgan fingerprint density at radius 3 is 2.48 bits per heavy atom. The predicted octanol–water partition coefficient (Wildman–Crippen LogP) is 0.955. The number of aromatic nitrogens is 1. The number of imide groups is 1. The van der Waals surface area contributed by atoms with E-state index >= 15 is 0 Å². The number of rotatable bonds is 3. The van der Waals surface area contributed by atoms with E-state index < -0.39 is 30.6 Å². The van der Waals surface area contributed by atoms with Crippen LogP contribution in [0.5, 0.6) is 0 Å². The Morgan fingerprint density at radius 1 is 1.22 bits per heavy atom. The van der Waals surface area contributed by atoms with Gasteiger partial charge in [0.2, 0.25) is 11.8 Å². The van der Waals surface area contributed by atoms with E-state index in [1.54, 1.807) is 11.1 Å². The normalized spacial score (nSPS) is 23.9. The van der Waals surface area contributed by atoms with Crippen molar-refractivity contribution in [1.82, 2.24) is 14.8 Å². The second-order valence-electron chi connectivity index (χ2n) is 5.49. The Morgan fingerprint density at radius 2 is 1.91 bits per heavy atom. The van der Waals surface area contributed by atoms with Gasteiger partial charge in [-0.25, -0.2) is 4.98 Å². The molecule has 1 aromatic heterocycles. The molecule has 2 fully saturated rings. The summed E-state index contributed by atoms with van der Waals surface area (Å²) >= 11 is 1.51. The summed E-state index contributed by atoms with van der Waals surface area (Å²) in [6.07, 6.45) is -3.03. The van der Waals surface area contributed by atoms with Gasteiger partial charge in [0.15, 0.2) is 5.13 Å². The standard InChI is InChI=1S/C13H15F3N4O2S/c14-13(15,16)8-20-10(21)7-9(11(20)22)18-2-4-19(5-3-18)12-17-1-6-23-12/h1,6,9H,2-5,7-8H2/t9-/m1/s1. The third-order valence-electron chi connectivity index (χ3n) is 4.00. The van der Waals surface area contributed by atoms with Crippen molar-refractivity contribution in [2.75, 3.05) is 37.6 Å². The Hall–Kier alpha value is -1.68. The molecule has 0 saturated carbocycles. The van der Waals surface area contributed by atoms with Crippen LogP contribution in [0.3, 0.4) is 0 Å². The number of likely N-dealkylation sites (tertiary alicyclic amines) is 1. The van der Waals surface area contributed by atoms with Gasteiger partial charge < -0.3 is 4.90 Å². The zero-order valence-electron chi connectivity index (χ0n) is 12.1. The van der Waals surface area contributed by atoms with Crippen LogP contribution < -0.4 is 4.90 Å². The third kappa shape index (κ3) is 3.47. The molecule has 2 amide bonds. The summed E-state index contributed by atoms with van der Waals surface area (Å²) in [6, 6.07) is -0.775. The van der Waals surface area contributed by atoms with Crippen molar-refractivity contribution in [1.29, 1.82) is 0 Å². The summed E-state index contributed by atoms with van der Waals surface area (Å²) in [4.78, 5) is 32.3. The molecule has 10 heteroatoms. The SMILES string of the molecule is O=C1C[C@@H](N2CCN(c3nccs3)CC2)C(=O)N1CC(F)(F)F. The van der Waals surface area contributed by atoms with Gasteiger partial charge in [-0.15, -0.1) is 11.3 Å².